The van der Waals surface area contributed by atoms with Gasteiger partial charge in [0.05, 0.1) is 36.5 Å². The van der Waals surface area contributed by atoms with Crippen LogP contribution in [0.1, 0.15) is 65.2 Å². The number of fused-ring (bicyclic) bond motifs is 2. The molecule has 2 aliphatic rings. The lowest BCUT2D eigenvalue weighted by molar-refractivity contribution is 0.0797. The Morgan fingerprint density at radius 1 is 1.17 bits per heavy atom. The number of carbonyl (C=O) groups is 1. The van der Waals surface area contributed by atoms with Crippen molar-refractivity contribution in [3.63, 3.8) is 0 Å². The summed E-state index contributed by atoms with van der Waals surface area (Å²) >= 11 is 0. The number of nitrogens with one attached hydrogen (secondary N) is 1. The van der Waals surface area contributed by atoms with Gasteiger partial charge in [-0.2, -0.15) is 10.2 Å². The molecule has 2 aliphatic carbocycles. The zero-order chi connectivity index (χ0) is 29.2. The highest BCUT2D eigenvalue weighted by Gasteiger charge is 2.28. The van der Waals surface area contributed by atoms with Gasteiger partial charge in [0.2, 0.25) is 11.8 Å². The highest BCUT2D eigenvalue weighted by Crippen LogP contribution is 2.41. The average molecular weight is 565 g/mol. The molecule has 1 N–H and O–H groups in total. The average Bonchev–Trinajstić information content (AvgIpc) is 3.75. The summed E-state index contributed by atoms with van der Waals surface area (Å²) in [6.45, 7) is 2.20. The van der Waals surface area contributed by atoms with Crippen molar-refractivity contribution in [3.05, 3.63) is 70.7 Å². The van der Waals surface area contributed by atoms with Gasteiger partial charge in [0.25, 0.3) is 5.91 Å². The van der Waals surface area contributed by atoms with Crippen LogP contribution in [0.2, 0.25) is 0 Å². The van der Waals surface area contributed by atoms with Crippen LogP contribution < -0.4 is 14.8 Å². The molecule has 0 atom stereocenters. The van der Waals surface area contributed by atoms with E-state index in [1.54, 1.807) is 32.4 Å². The molecule has 0 radical (unpaired) electrons. The molecule has 1 amide bonds. The highest BCUT2D eigenvalue weighted by atomic mass is 16.5. The lowest BCUT2D eigenvalue weighted by atomic mass is 10.0. The fourth-order valence-electron chi connectivity index (χ4n) is 5.57. The number of anilines is 2. The molecular weight excluding hydrogens is 532 g/mol. The van der Waals surface area contributed by atoms with Gasteiger partial charge in [-0.05, 0) is 67.2 Å². The SMILES string of the molecule is COc1cc(C(=O)N(C)CCC#N)ccc1Nc1nc2c(c(OC3CCCC3)n1)C(c1ccc3nc(C)oc3c1)=CC2. The Bertz CT molecular complexity index is 1730. The Morgan fingerprint density at radius 3 is 2.79 bits per heavy atom. The molecule has 2 aromatic carbocycles. The molecule has 10 nitrogen and oxygen atoms in total. The van der Waals surface area contributed by atoms with E-state index in [1.807, 2.05) is 25.1 Å². The van der Waals surface area contributed by atoms with Crippen molar-refractivity contribution in [2.24, 2.45) is 0 Å². The van der Waals surface area contributed by atoms with Crippen LogP contribution in [-0.4, -0.2) is 52.6 Å². The van der Waals surface area contributed by atoms with Crippen molar-refractivity contribution in [3.8, 4) is 17.7 Å². The van der Waals surface area contributed by atoms with Crippen LogP contribution in [0.25, 0.3) is 16.7 Å². The van der Waals surface area contributed by atoms with Crippen LogP contribution in [0.3, 0.4) is 0 Å². The lowest BCUT2D eigenvalue weighted by Gasteiger charge is -2.19. The third kappa shape index (κ3) is 5.38. The van der Waals surface area contributed by atoms with Gasteiger partial charge < -0.3 is 24.1 Å². The molecule has 0 spiro atoms. The second-order valence-corrected chi connectivity index (χ2v) is 10.6. The van der Waals surface area contributed by atoms with Crippen LogP contribution in [0.4, 0.5) is 11.6 Å². The Hall–Kier alpha value is -4.91. The van der Waals surface area contributed by atoms with Crippen molar-refractivity contribution in [1.29, 1.82) is 5.26 Å². The lowest BCUT2D eigenvalue weighted by Crippen LogP contribution is -2.27. The molecule has 10 heteroatoms. The minimum atomic E-state index is -0.187. The van der Waals surface area contributed by atoms with Gasteiger partial charge in [0.15, 0.2) is 11.5 Å². The zero-order valence-electron chi connectivity index (χ0n) is 23.9. The quantitative estimate of drug-likeness (QED) is 0.261. The number of methoxy groups -OCH3 is 1. The van der Waals surface area contributed by atoms with E-state index in [4.69, 9.17) is 29.1 Å². The molecule has 2 aromatic heterocycles. The first-order valence-electron chi connectivity index (χ1n) is 14.2. The topological polar surface area (TPSA) is 126 Å². The van der Waals surface area contributed by atoms with Gasteiger partial charge in [-0.3, -0.25) is 4.79 Å². The minimum absolute atomic E-state index is 0.107. The summed E-state index contributed by atoms with van der Waals surface area (Å²) in [6, 6.07) is 13.3. The predicted octanol–water partition coefficient (Wildman–Crippen LogP) is 5.97. The summed E-state index contributed by atoms with van der Waals surface area (Å²) < 4.78 is 17.9. The largest absolute Gasteiger partial charge is 0.495 e. The van der Waals surface area contributed by atoms with Crippen LogP contribution in [-0.2, 0) is 6.42 Å². The number of nitrogens with zero attached hydrogens (tertiary/aromatic N) is 5. The second kappa shape index (κ2) is 11.5. The van der Waals surface area contributed by atoms with Crippen molar-refractivity contribution in [1.82, 2.24) is 19.9 Å². The molecule has 0 unspecified atom stereocenters. The molecule has 0 aliphatic heterocycles. The predicted molar refractivity (Wildman–Crippen MR) is 158 cm³/mol. The van der Waals surface area contributed by atoms with Gasteiger partial charge in [-0.25, -0.2) is 9.97 Å². The number of ether oxygens (including phenoxy) is 2. The van der Waals surface area contributed by atoms with E-state index in [0.29, 0.717) is 47.7 Å². The first kappa shape index (κ1) is 27.3. The maximum absolute atomic E-state index is 12.8. The zero-order valence-corrected chi connectivity index (χ0v) is 23.9. The molecule has 0 bridgehead atoms. The van der Waals surface area contributed by atoms with Gasteiger partial charge >= 0.3 is 0 Å². The molecule has 4 aromatic rings. The normalized spacial score (nSPS) is 14.4. The third-order valence-corrected chi connectivity index (χ3v) is 7.71. The number of benzene rings is 2. The van der Waals surface area contributed by atoms with Gasteiger partial charge in [-0.15, -0.1) is 0 Å². The number of aromatic nitrogens is 3. The number of allylic oxidation sites excluding steroid dienone is 1. The van der Waals surface area contributed by atoms with Crippen molar-refractivity contribution in [2.75, 3.05) is 26.0 Å². The van der Waals surface area contributed by atoms with E-state index in [1.165, 1.54) is 4.90 Å². The standard InChI is InChI=1S/C32H32N6O4/c1-19-34-25-12-9-20(17-28(25)41-19)23-11-14-26-29(23)30(42-22-7-4-5-8-22)37-32(36-26)35-24-13-10-21(18-27(24)40-3)31(39)38(2)16-6-15-33/h9-13,17-18,22H,4-8,14,16H2,1-3H3,(H,35,36,37). The number of nitriles is 1. The number of aryl methyl sites for hydroxylation is 1. The Morgan fingerprint density at radius 2 is 2.00 bits per heavy atom. The van der Waals surface area contributed by atoms with E-state index in [9.17, 15) is 4.79 Å². The van der Waals surface area contributed by atoms with Crippen LogP contribution in [0, 0.1) is 18.3 Å². The summed E-state index contributed by atoms with van der Waals surface area (Å²) in [5.41, 5.74) is 6.43. The second-order valence-electron chi connectivity index (χ2n) is 10.6. The first-order valence-corrected chi connectivity index (χ1v) is 14.2. The number of oxazole rings is 1. The van der Waals surface area contributed by atoms with Crippen LogP contribution in [0.15, 0.2) is 46.9 Å². The first-order chi connectivity index (χ1) is 20.4. The van der Waals surface area contributed by atoms with Crippen LogP contribution >= 0.6 is 0 Å². The van der Waals surface area contributed by atoms with Crippen molar-refractivity contribution < 1.29 is 18.7 Å². The maximum atomic E-state index is 12.8. The Labute approximate surface area is 244 Å². The molecule has 1 fully saturated rings. The minimum Gasteiger partial charge on any atom is -0.495 e. The van der Waals surface area contributed by atoms with Crippen molar-refractivity contribution in [2.45, 2.75) is 51.6 Å². The van der Waals surface area contributed by atoms with E-state index < -0.39 is 0 Å². The Balaban J connectivity index is 1.32. The fourth-order valence-corrected chi connectivity index (χ4v) is 5.57. The molecule has 0 saturated heterocycles. The van der Waals surface area contributed by atoms with E-state index in [-0.39, 0.29) is 18.4 Å². The third-order valence-electron chi connectivity index (χ3n) is 7.71. The number of amides is 1. The molecule has 1 saturated carbocycles. The molecule has 2 heterocycles. The Kier molecular flexibility index (Phi) is 7.48. The van der Waals surface area contributed by atoms with Crippen molar-refractivity contribution >= 4 is 34.2 Å². The summed E-state index contributed by atoms with van der Waals surface area (Å²) in [5, 5.41) is 12.1. The highest BCUT2D eigenvalue weighted by molar-refractivity contribution is 5.95. The number of rotatable bonds is 9. The molecule has 6 rings (SSSR count). The summed E-state index contributed by atoms with van der Waals surface area (Å²) in [5.74, 6) is 1.86. The van der Waals surface area contributed by atoms with Gasteiger partial charge in [-0.1, -0.05) is 12.1 Å². The summed E-state index contributed by atoms with van der Waals surface area (Å²) in [6.07, 6.45) is 7.43. The number of hydrogen-bond acceptors (Lipinski definition) is 9. The molecule has 42 heavy (non-hydrogen) atoms. The van der Waals surface area contributed by atoms with E-state index in [0.717, 1.165) is 59.2 Å². The smallest absolute Gasteiger partial charge is 0.253 e. The van der Waals surface area contributed by atoms with Crippen LogP contribution in [0.5, 0.6) is 11.6 Å². The number of carbonyl (C=O) groups excluding carboxylic acids is 1. The fraction of sp³-hybridized carbons (Fsp3) is 0.344. The number of hydrogen-bond donors (Lipinski definition) is 1. The van der Waals surface area contributed by atoms with Gasteiger partial charge in [0.1, 0.15) is 17.4 Å². The van der Waals surface area contributed by atoms with Gasteiger partial charge in [0, 0.05) is 32.5 Å². The van der Waals surface area contributed by atoms with E-state index >= 15 is 0 Å². The van der Waals surface area contributed by atoms with E-state index in [2.05, 4.69) is 22.4 Å². The summed E-state index contributed by atoms with van der Waals surface area (Å²) in [7, 11) is 3.23. The monoisotopic (exact) mass is 564 g/mol. The molecule has 214 valence electrons. The molecular formula is C32H32N6O4. The maximum Gasteiger partial charge on any atom is 0.253 e. The summed E-state index contributed by atoms with van der Waals surface area (Å²) in [4.78, 5) is 28.5.